The number of hydrogen-bond acceptors (Lipinski definition) is 5. The molecule has 2 rings (SSSR count). The van der Waals surface area contributed by atoms with Gasteiger partial charge in [0.25, 0.3) is 0 Å². The largest absolute Gasteiger partial charge is 0.476 e. The predicted octanol–water partition coefficient (Wildman–Crippen LogP) is 1.64. The van der Waals surface area contributed by atoms with Crippen molar-refractivity contribution in [1.82, 2.24) is 9.97 Å². The molecule has 72 valence electrons. The van der Waals surface area contributed by atoms with E-state index in [-0.39, 0.29) is 5.69 Å². The minimum atomic E-state index is -1.08. The summed E-state index contributed by atoms with van der Waals surface area (Å²) in [7, 11) is 0. The van der Waals surface area contributed by atoms with E-state index in [0.29, 0.717) is 16.3 Å². The first-order valence-corrected chi connectivity index (χ1v) is 4.97. The van der Waals surface area contributed by atoms with Crippen molar-refractivity contribution in [2.24, 2.45) is 0 Å². The van der Waals surface area contributed by atoms with Gasteiger partial charge in [-0.15, -0.1) is 11.8 Å². The van der Waals surface area contributed by atoms with Gasteiger partial charge in [0.15, 0.2) is 5.69 Å². The maximum atomic E-state index is 10.8. The van der Waals surface area contributed by atoms with Crippen LogP contribution in [0.2, 0.25) is 0 Å². The number of carbonyl (C=O) groups is 1. The fraction of sp³-hybridized carbons (Fsp3) is 0.125. The van der Waals surface area contributed by atoms with Crippen molar-refractivity contribution < 1.29 is 14.3 Å². The van der Waals surface area contributed by atoms with Crippen LogP contribution < -0.4 is 0 Å². The first kappa shape index (κ1) is 9.01. The standard InChI is InChI=1S/C8H6N2O3S/c1-14-7-5(8(11)12)9-4-2-3-13-6(4)10-7/h2-3H,1H3,(H,11,12). The zero-order valence-corrected chi connectivity index (χ0v) is 8.04. The zero-order chi connectivity index (χ0) is 10.1. The van der Waals surface area contributed by atoms with E-state index in [4.69, 9.17) is 9.52 Å². The molecule has 2 aromatic heterocycles. The first-order chi connectivity index (χ1) is 6.72. The van der Waals surface area contributed by atoms with Gasteiger partial charge in [0.1, 0.15) is 10.5 Å². The van der Waals surface area contributed by atoms with E-state index in [1.807, 2.05) is 0 Å². The highest BCUT2D eigenvalue weighted by atomic mass is 32.2. The summed E-state index contributed by atoms with van der Waals surface area (Å²) in [6, 6.07) is 1.58. The smallest absolute Gasteiger partial charge is 0.357 e. The minimum Gasteiger partial charge on any atom is -0.476 e. The number of hydrogen-bond donors (Lipinski definition) is 1. The third kappa shape index (κ3) is 1.33. The van der Waals surface area contributed by atoms with Gasteiger partial charge >= 0.3 is 5.97 Å². The van der Waals surface area contributed by atoms with Gasteiger partial charge < -0.3 is 9.52 Å². The van der Waals surface area contributed by atoms with Crippen LogP contribution in [0.25, 0.3) is 11.2 Å². The van der Waals surface area contributed by atoms with Crippen LogP contribution in [0.1, 0.15) is 10.5 Å². The van der Waals surface area contributed by atoms with Crippen LogP contribution in [0, 0.1) is 0 Å². The van der Waals surface area contributed by atoms with E-state index in [1.54, 1.807) is 12.3 Å². The Bertz CT molecular complexity index is 494. The number of furan rings is 1. The molecule has 2 aromatic rings. The monoisotopic (exact) mass is 210 g/mol. The van der Waals surface area contributed by atoms with E-state index in [9.17, 15) is 4.79 Å². The number of rotatable bonds is 2. The molecular weight excluding hydrogens is 204 g/mol. The van der Waals surface area contributed by atoms with Crippen LogP contribution >= 0.6 is 11.8 Å². The Balaban J connectivity index is 2.72. The Labute approximate surface area is 83.2 Å². The lowest BCUT2D eigenvalue weighted by Gasteiger charge is -1.99. The zero-order valence-electron chi connectivity index (χ0n) is 7.22. The molecule has 1 N–H and O–H groups in total. The summed E-state index contributed by atoms with van der Waals surface area (Å²) in [5.74, 6) is -1.08. The van der Waals surface area contributed by atoms with E-state index >= 15 is 0 Å². The normalized spacial score (nSPS) is 10.6. The van der Waals surface area contributed by atoms with E-state index in [0.717, 1.165) is 0 Å². The minimum absolute atomic E-state index is 0.0357. The number of carboxylic acids is 1. The van der Waals surface area contributed by atoms with Crippen LogP contribution in [-0.2, 0) is 0 Å². The summed E-state index contributed by atoms with van der Waals surface area (Å²) in [6.07, 6.45) is 3.17. The molecule has 0 radical (unpaired) electrons. The number of thioether (sulfide) groups is 1. The van der Waals surface area contributed by atoms with Gasteiger partial charge in [-0.25, -0.2) is 14.8 Å². The van der Waals surface area contributed by atoms with Gasteiger partial charge in [-0.2, -0.15) is 0 Å². The summed E-state index contributed by atoms with van der Waals surface area (Å²) in [4.78, 5) is 18.8. The third-order valence-corrected chi connectivity index (χ3v) is 2.33. The van der Waals surface area contributed by atoms with Gasteiger partial charge in [-0.05, 0) is 6.26 Å². The molecule has 0 aliphatic heterocycles. The second-order valence-corrected chi connectivity index (χ2v) is 3.29. The lowest BCUT2D eigenvalue weighted by Crippen LogP contribution is -2.04. The molecule has 0 bridgehead atoms. The number of aromatic carboxylic acids is 1. The maximum absolute atomic E-state index is 10.8. The molecule has 6 heteroatoms. The SMILES string of the molecule is CSc1nc2occc2nc1C(=O)O. The molecule has 0 saturated carbocycles. The van der Waals surface area contributed by atoms with Crippen LogP contribution in [0.15, 0.2) is 21.8 Å². The molecule has 2 heterocycles. The summed E-state index contributed by atoms with van der Waals surface area (Å²) in [5.41, 5.74) is 0.783. The number of fused-ring (bicyclic) bond motifs is 1. The number of carboxylic acid groups (broad SMARTS) is 1. The highest BCUT2D eigenvalue weighted by molar-refractivity contribution is 7.98. The topological polar surface area (TPSA) is 76.2 Å². The molecule has 0 fully saturated rings. The van der Waals surface area contributed by atoms with Gasteiger partial charge in [-0.1, -0.05) is 0 Å². The lowest BCUT2D eigenvalue weighted by atomic mass is 10.4. The van der Waals surface area contributed by atoms with Crippen molar-refractivity contribution in [3.63, 3.8) is 0 Å². The quantitative estimate of drug-likeness (QED) is 0.759. The molecule has 5 nitrogen and oxygen atoms in total. The van der Waals surface area contributed by atoms with E-state index in [2.05, 4.69) is 9.97 Å². The Morgan fingerprint density at radius 2 is 2.36 bits per heavy atom. The van der Waals surface area contributed by atoms with Crippen LogP contribution in [0.3, 0.4) is 0 Å². The summed E-state index contributed by atoms with van der Waals surface area (Å²) in [5, 5.41) is 9.21. The fourth-order valence-electron chi connectivity index (χ4n) is 1.06. The van der Waals surface area contributed by atoms with Gasteiger partial charge in [0.05, 0.1) is 6.26 Å². The number of nitrogens with zero attached hydrogens (tertiary/aromatic N) is 2. The molecule has 0 aliphatic carbocycles. The second-order valence-electron chi connectivity index (χ2n) is 2.50. The average molecular weight is 210 g/mol. The van der Waals surface area contributed by atoms with Gasteiger partial charge in [0, 0.05) is 6.07 Å². The molecular formula is C8H6N2O3S. The van der Waals surface area contributed by atoms with Crippen LogP contribution in [0.5, 0.6) is 0 Å². The summed E-state index contributed by atoms with van der Waals surface area (Å²) >= 11 is 1.23. The molecule has 0 spiro atoms. The van der Waals surface area contributed by atoms with Crippen molar-refractivity contribution in [3.05, 3.63) is 18.0 Å². The van der Waals surface area contributed by atoms with Crippen LogP contribution in [-0.4, -0.2) is 27.3 Å². The van der Waals surface area contributed by atoms with E-state index < -0.39 is 5.97 Å². The molecule has 0 amide bonds. The Morgan fingerprint density at radius 3 is 3.00 bits per heavy atom. The fourth-order valence-corrected chi connectivity index (χ4v) is 1.56. The van der Waals surface area contributed by atoms with Crippen molar-refractivity contribution in [2.45, 2.75) is 5.03 Å². The first-order valence-electron chi connectivity index (χ1n) is 3.75. The predicted molar refractivity (Wildman–Crippen MR) is 50.5 cm³/mol. The summed E-state index contributed by atoms with van der Waals surface area (Å²) in [6.45, 7) is 0. The second kappa shape index (κ2) is 3.30. The summed E-state index contributed by atoms with van der Waals surface area (Å²) < 4.78 is 5.02. The third-order valence-electron chi connectivity index (χ3n) is 1.66. The Morgan fingerprint density at radius 1 is 1.57 bits per heavy atom. The van der Waals surface area contributed by atoms with Gasteiger partial charge in [0.2, 0.25) is 5.71 Å². The maximum Gasteiger partial charge on any atom is 0.357 e. The van der Waals surface area contributed by atoms with E-state index in [1.165, 1.54) is 18.0 Å². The van der Waals surface area contributed by atoms with Crippen molar-refractivity contribution in [3.8, 4) is 0 Å². The van der Waals surface area contributed by atoms with Crippen molar-refractivity contribution in [2.75, 3.05) is 6.26 Å². The van der Waals surface area contributed by atoms with Crippen LogP contribution in [0.4, 0.5) is 0 Å². The highest BCUT2D eigenvalue weighted by Gasteiger charge is 2.15. The van der Waals surface area contributed by atoms with Crippen molar-refractivity contribution >= 4 is 29.0 Å². The lowest BCUT2D eigenvalue weighted by molar-refractivity contribution is 0.0686. The molecule has 0 aliphatic rings. The average Bonchev–Trinajstić information content (AvgIpc) is 2.62. The molecule has 14 heavy (non-hydrogen) atoms. The molecule has 0 unspecified atom stereocenters. The number of aromatic nitrogens is 2. The van der Waals surface area contributed by atoms with Gasteiger partial charge in [-0.3, -0.25) is 0 Å². The molecule has 0 saturated heterocycles. The Kier molecular flexibility index (Phi) is 2.12. The molecule has 0 aromatic carbocycles. The van der Waals surface area contributed by atoms with Crippen molar-refractivity contribution in [1.29, 1.82) is 0 Å². The Hall–Kier alpha value is -1.56. The molecule has 0 atom stereocenters. The highest BCUT2D eigenvalue weighted by Crippen LogP contribution is 2.20.